The van der Waals surface area contributed by atoms with Gasteiger partial charge in [0.1, 0.15) is 0 Å². The van der Waals surface area contributed by atoms with Crippen molar-refractivity contribution in [3.05, 3.63) is 30.1 Å². The fourth-order valence-corrected chi connectivity index (χ4v) is 5.94. The molecule has 3 fully saturated rings. The molecule has 0 saturated carbocycles. The predicted molar refractivity (Wildman–Crippen MR) is 121 cm³/mol. The number of rotatable bonds is 6. The molecule has 3 saturated heterocycles. The first-order valence-electron chi connectivity index (χ1n) is 12.3. The molecule has 0 N–H and O–H groups in total. The minimum absolute atomic E-state index is 0.220. The summed E-state index contributed by atoms with van der Waals surface area (Å²) in [6.45, 7) is 12.0. The third-order valence-corrected chi connectivity index (χ3v) is 8.28. The Bertz CT molecular complexity index is 682. The van der Waals surface area contributed by atoms with E-state index in [1.165, 1.54) is 50.6 Å². The molecule has 1 amide bonds. The van der Waals surface area contributed by atoms with Crippen molar-refractivity contribution in [2.75, 3.05) is 39.3 Å². The van der Waals surface area contributed by atoms with Crippen LogP contribution in [-0.4, -0.2) is 70.9 Å². The topological polar surface area (TPSA) is 39.7 Å². The van der Waals surface area contributed by atoms with Crippen molar-refractivity contribution >= 4 is 5.91 Å². The summed E-state index contributed by atoms with van der Waals surface area (Å²) < 4.78 is 0. The Morgan fingerprint density at radius 2 is 1.80 bits per heavy atom. The fraction of sp³-hybridized carbons (Fsp3) is 0.760. The van der Waals surface area contributed by atoms with Crippen LogP contribution >= 0.6 is 0 Å². The first-order valence-corrected chi connectivity index (χ1v) is 12.3. The maximum absolute atomic E-state index is 13.3. The number of carbonyl (C=O) groups is 1. The third kappa shape index (κ3) is 4.88. The van der Waals surface area contributed by atoms with Crippen LogP contribution in [0, 0.1) is 11.3 Å². The van der Waals surface area contributed by atoms with Crippen LogP contribution < -0.4 is 0 Å². The van der Waals surface area contributed by atoms with E-state index in [4.69, 9.17) is 0 Å². The minimum Gasteiger partial charge on any atom is -0.342 e. The van der Waals surface area contributed by atoms with Crippen molar-refractivity contribution in [3.63, 3.8) is 0 Å². The summed E-state index contributed by atoms with van der Waals surface area (Å²) in [7, 11) is 0. The van der Waals surface area contributed by atoms with Crippen molar-refractivity contribution in [3.8, 4) is 0 Å². The number of pyridine rings is 1. The first-order chi connectivity index (χ1) is 14.6. The van der Waals surface area contributed by atoms with Crippen LogP contribution in [0.3, 0.4) is 0 Å². The Kier molecular flexibility index (Phi) is 7.09. The zero-order valence-electron chi connectivity index (χ0n) is 19.1. The van der Waals surface area contributed by atoms with Crippen LogP contribution in [0.4, 0.5) is 0 Å². The van der Waals surface area contributed by atoms with Gasteiger partial charge in [-0.3, -0.25) is 19.6 Å². The molecule has 0 unspecified atom stereocenters. The second kappa shape index (κ2) is 9.78. The zero-order chi connectivity index (χ0) is 21.0. The highest BCUT2D eigenvalue weighted by atomic mass is 16.2. The fourth-order valence-electron chi connectivity index (χ4n) is 5.94. The highest BCUT2D eigenvalue weighted by molar-refractivity contribution is 5.79. The van der Waals surface area contributed by atoms with E-state index < -0.39 is 0 Å². The van der Waals surface area contributed by atoms with Crippen LogP contribution in [0.2, 0.25) is 0 Å². The van der Waals surface area contributed by atoms with Crippen LogP contribution in [-0.2, 0) is 11.3 Å². The molecule has 0 spiro atoms. The van der Waals surface area contributed by atoms with Gasteiger partial charge in [0.15, 0.2) is 0 Å². The van der Waals surface area contributed by atoms with Crippen LogP contribution in [0.15, 0.2) is 24.5 Å². The second-order valence-electron chi connectivity index (χ2n) is 9.91. The normalized spacial score (nSPS) is 26.2. The predicted octanol–water partition coefficient (Wildman–Crippen LogP) is 3.80. The van der Waals surface area contributed by atoms with Crippen molar-refractivity contribution in [1.82, 2.24) is 19.7 Å². The summed E-state index contributed by atoms with van der Waals surface area (Å²) in [5.74, 6) is 0.664. The summed E-state index contributed by atoms with van der Waals surface area (Å²) in [6, 6.07) is 4.90. The summed E-state index contributed by atoms with van der Waals surface area (Å²) in [6.07, 6.45) is 12.1. The number of nitrogens with zero attached hydrogens (tertiary/aromatic N) is 4. The van der Waals surface area contributed by atoms with Crippen molar-refractivity contribution in [2.24, 2.45) is 11.3 Å². The van der Waals surface area contributed by atoms with Crippen LogP contribution in [0.1, 0.15) is 64.4 Å². The maximum Gasteiger partial charge on any atom is 0.226 e. The molecule has 0 radical (unpaired) electrons. The van der Waals surface area contributed by atoms with Gasteiger partial charge in [0.25, 0.3) is 0 Å². The molecule has 0 aromatic carbocycles. The Balaban J connectivity index is 1.27. The van der Waals surface area contributed by atoms with Gasteiger partial charge in [-0.05, 0) is 87.7 Å². The lowest BCUT2D eigenvalue weighted by Gasteiger charge is -2.42. The van der Waals surface area contributed by atoms with E-state index in [2.05, 4.69) is 45.7 Å². The Morgan fingerprint density at radius 3 is 2.47 bits per heavy atom. The van der Waals surface area contributed by atoms with E-state index >= 15 is 0 Å². The molecule has 1 aromatic rings. The molecule has 5 nitrogen and oxygen atoms in total. The molecule has 4 rings (SSSR count). The summed E-state index contributed by atoms with van der Waals surface area (Å²) in [4.78, 5) is 24.8. The number of aromatic nitrogens is 1. The number of hydrogen-bond acceptors (Lipinski definition) is 4. The monoisotopic (exact) mass is 412 g/mol. The Morgan fingerprint density at radius 1 is 1.07 bits per heavy atom. The summed E-state index contributed by atoms with van der Waals surface area (Å²) >= 11 is 0. The van der Waals surface area contributed by atoms with E-state index in [0.717, 1.165) is 45.7 Å². The van der Waals surface area contributed by atoms with Gasteiger partial charge in [-0.2, -0.15) is 0 Å². The number of hydrogen-bond donors (Lipinski definition) is 0. The Labute approximate surface area is 182 Å². The lowest BCUT2D eigenvalue weighted by Crippen LogP contribution is -2.51. The van der Waals surface area contributed by atoms with E-state index in [1.807, 2.05) is 12.4 Å². The molecule has 1 atom stereocenters. The largest absolute Gasteiger partial charge is 0.342 e. The molecular weight excluding hydrogens is 372 g/mol. The van der Waals surface area contributed by atoms with E-state index in [1.54, 1.807) is 0 Å². The molecule has 3 aliphatic rings. The van der Waals surface area contributed by atoms with Crippen molar-refractivity contribution in [2.45, 2.75) is 71.4 Å². The molecule has 0 bridgehead atoms. The molecule has 3 aliphatic heterocycles. The molecular formula is C25H40N4O. The van der Waals surface area contributed by atoms with Gasteiger partial charge in [0.2, 0.25) is 5.91 Å². The smallest absolute Gasteiger partial charge is 0.226 e. The van der Waals surface area contributed by atoms with E-state index in [0.29, 0.717) is 17.4 Å². The summed E-state index contributed by atoms with van der Waals surface area (Å²) in [5, 5.41) is 0. The maximum atomic E-state index is 13.3. The number of piperidine rings is 2. The van der Waals surface area contributed by atoms with Crippen molar-refractivity contribution < 1.29 is 4.79 Å². The standard InChI is InChI=1S/C25H40N4O/c1-3-25(4-2)11-17-29(20-25)24(30)22-6-5-14-28(19-22)23-9-15-27(16-10-23)18-21-7-12-26-13-8-21/h7-8,12-13,22-23H,3-6,9-11,14-20H2,1-2H3/t22-/m0/s1. The zero-order valence-corrected chi connectivity index (χ0v) is 19.1. The van der Waals surface area contributed by atoms with Gasteiger partial charge in [-0.15, -0.1) is 0 Å². The number of carbonyl (C=O) groups excluding carboxylic acids is 1. The van der Waals surface area contributed by atoms with Gasteiger partial charge in [0.05, 0.1) is 5.92 Å². The number of likely N-dealkylation sites (tertiary alicyclic amines) is 3. The van der Waals surface area contributed by atoms with Gasteiger partial charge >= 0.3 is 0 Å². The van der Waals surface area contributed by atoms with Gasteiger partial charge in [-0.1, -0.05) is 13.8 Å². The van der Waals surface area contributed by atoms with E-state index in [9.17, 15) is 4.79 Å². The lowest BCUT2D eigenvalue weighted by atomic mass is 9.82. The highest BCUT2D eigenvalue weighted by Crippen LogP contribution is 2.38. The average molecular weight is 413 g/mol. The molecule has 5 heteroatoms. The summed E-state index contributed by atoms with van der Waals surface area (Å²) in [5.41, 5.74) is 1.74. The molecule has 0 aliphatic carbocycles. The minimum atomic E-state index is 0.220. The molecule has 166 valence electrons. The second-order valence-corrected chi connectivity index (χ2v) is 9.91. The van der Waals surface area contributed by atoms with Crippen LogP contribution in [0.25, 0.3) is 0 Å². The third-order valence-electron chi connectivity index (χ3n) is 8.28. The van der Waals surface area contributed by atoms with E-state index in [-0.39, 0.29) is 5.92 Å². The average Bonchev–Trinajstić information content (AvgIpc) is 3.25. The number of amides is 1. The Hall–Kier alpha value is -1.46. The first kappa shape index (κ1) is 21.8. The molecule has 4 heterocycles. The van der Waals surface area contributed by atoms with Gasteiger partial charge in [-0.25, -0.2) is 0 Å². The van der Waals surface area contributed by atoms with Gasteiger partial charge in [0, 0.05) is 44.6 Å². The van der Waals surface area contributed by atoms with Crippen LogP contribution in [0.5, 0.6) is 0 Å². The van der Waals surface area contributed by atoms with Gasteiger partial charge < -0.3 is 4.90 Å². The van der Waals surface area contributed by atoms with Crippen molar-refractivity contribution in [1.29, 1.82) is 0 Å². The SMILES string of the molecule is CCC1(CC)CCN(C(=O)[C@H]2CCCN(C3CCN(Cc4ccncc4)CC3)C2)C1. The molecule has 1 aromatic heterocycles. The quantitative estimate of drug-likeness (QED) is 0.713. The highest BCUT2D eigenvalue weighted by Gasteiger charge is 2.40. The lowest BCUT2D eigenvalue weighted by molar-refractivity contribution is -0.137. The molecule has 30 heavy (non-hydrogen) atoms.